The number of halogens is 1. The first kappa shape index (κ1) is 17.9. The van der Waals surface area contributed by atoms with E-state index in [0.717, 1.165) is 17.0 Å². The van der Waals surface area contributed by atoms with Gasteiger partial charge in [0.25, 0.3) is 5.91 Å². The van der Waals surface area contributed by atoms with Gasteiger partial charge in [0.2, 0.25) is 0 Å². The number of fused-ring (bicyclic) bond motifs is 1. The second-order valence-corrected chi connectivity index (χ2v) is 7.48. The lowest BCUT2D eigenvalue weighted by Gasteiger charge is -2.19. The van der Waals surface area contributed by atoms with E-state index in [9.17, 15) is 4.79 Å². The van der Waals surface area contributed by atoms with Crippen LogP contribution >= 0.6 is 22.9 Å². The number of ether oxygens (including phenoxy) is 1. The average Bonchev–Trinajstić information content (AvgIpc) is 3.02. The van der Waals surface area contributed by atoms with E-state index in [1.165, 1.54) is 11.3 Å². The molecule has 0 aliphatic carbocycles. The molecular weight excluding hydrogens is 384 g/mol. The van der Waals surface area contributed by atoms with Crippen LogP contribution in [0.15, 0.2) is 36.7 Å². The lowest BCUT2D eigenvalue weighted by molar-refractivity contribution is 0.0737. The summed E-state index contributed by atoms with van der Waals surface area (Å²) in [5.41, 5.74) is 1.67. The van der Waals surface area contributed by atoms with E-state index < -0.39 is 0 Å². The van der Waals surface area contributed by atoms with Crippen molar-refractivity contribution in [2.24, 2.45) is 0 Å². The van der Waals surface area contributed by atoms with Crippen LogP contribution in [0.4, 0.5) is 0 Å². The Morgan fingerprint density at radius 3 is 2.93 bits per heavy atom. The summed E-state index contributed by atoms with van der Waals surface area (Å²) < 4.78 is 5.77. The number of nitrogens with zero attached hydrogens (tertiary/aromatic N) is 4. The van der Waals surface area contributed by atoms with Crippen molar-refractivity contribution < 1.29 is 9.53 Å². The fourth-order valence-electron chi connectivity index (χ4n) is 2.94. The van der Waals surface area contributed by atoms with Gasteiger partial charge in [-0.2, -0.15) is 0 Å². The van der Waals surface area contributed by atoms with Crippen LogP contribution in [-0.2, 0) is 13.0 Å². The number of aryl methyl sites for hydroxylation is 1. The molecule has 1 aliphatic heterocycles. The normalized spacial score (nSPS) is 13.6. The van der Waals surface area contributed by atoms with Crippen molar-refractivity contribution in [1.29, 1.82) is 0 Å². The first-order chi connectivity index (χ1) is 13.2. The van der Waals surface area contributed by atoms with Crippen molar-refractivity contribution in [3.63, 3.8) is 0 Å². The van der Waals surface area contributed by atoms with E-state index in [4.69, 9.17) is 16.3 Å². The summed E-state index contributed by atoms with van der Waals surface area (Å²) in [7, 11) is 0. The molecule has 3 heterocycles. The molecule has 2 aromatic heterocycles. The molecule has 0 unspecified atom stereocenters. The molecule has 0 N–H and O–H groups in total. The highest BCUT2D eigenvalue weighted by atomic mass is 35.5. The van der Waals surface area contributed by atoms with Gasteiger partial charge >= 0.3 is 0 Å². The number of carbonyl (C=O) groups excluding carboxylic acids is 1. The molecule has 8 heteroatoms. The fourth-order valence-corrected chi connectivity index (χ4v) is 4.21. The van der Waals surface area contributed by atoms with E-state index in [2.05, 4.69) is 15.0 Å². The van der Waals surface area contributed by atoms with Crippen LogP contribution in [0.2, 0.25) is 5.02 Å². The molecule has 0 saturated carbocycles. The summed E-state index contributed by atoms with van der Waals surface area (Å²) in [5, 5.41) is 1.28. The van der Waals surface area contributed by atoms with Gasteiger partial charge in [-0.1, -0.05) is 18.5 Å². The number of amides is 1. The predicted molar refractivity (Wildman–Crippen MR) is 104 cm³/mol. The Balaban J connectivity index is 1.65. The first-order valence-corrected chi connectivity index (χ1v) is 9.82. The van der Waals surface area contributed by atoms with Gasteiger partial charge in [-0.05, 0) is 30.7 Å². The van der Waals surface area contributed by atoms with E-state index >= 15 is 0 Å². The van der Waals surface area contributed by atoms with E-state index in [0.29, 0.717) is 46.8 Å². The SMILES string of the molecule is CCc1nc(-c2ncccn2)sc1C(=O)N1CCOc2ccc(Cl)cc2C1. The van der Waals surface area contributed by atoms with Crippen LogP contribution in [0.1, 0.15) is 27.9 Å². The lowest BCUT2D eigenvalue weighted by Crippen LogP contribution is -2.32. The Kier molecular flexibility index (Phi) is 5.05. The zero-order valence-corrected chi connectivity index (χ0v) is 16.3. The quantitative estimate of drug-likeness (QED) is 0.668. The Hall–Kier alpha value is -2.51. The van der Waals surface area contributed by atoms with Crippen molar-refractivity contribution in [2.45, 2.75) is 19.9 Å². The number of rotatable bonds is 3. The Morgan fingerprint density at radius 1 is 1.33 bits per heavy atom. The van der Waals surface area contributed by atoms with E-state index in [1.807, 2.05) is 19.1 Å². The number of thiazole rings is 1. The summed E-state index contributed by atoms with van der Waals surface area (Å²) in [6, 6.07) is 7.24. The third-order valence-electron chi connectivity index (χ3n) is 4.27. The monoisotopic (exact) mass is 400 g/mol. The molecule has 1 aromatic carbocycles. The number of hydrogen-bond acceptors (Lipinski definition) is 6. The third-order valence-corrected chi connectivity index (χ3v) is 5.59. The summed E-state index contributed by atoms with van der Waals surface area (Å²) >= 11 is 7.45. The van der Waals surface area contributed by atoms with Gasteiger partial charge in [-0.3, -0.25) is 4.79 Å². The molecule has 1 amide bonds. The minimum absolute atomic E-state index is 0.0528. The summed E-state index contributed by atoms with van der Waals surface area (Å²) in [6.45, 7) is 3.38. The minimum Gasteiger partial charge on any atom is -0.491 e. The molecule has 0 fully saturated rings. The van der Waals surface area contributed by atoms with Gasteiger partial charge in [-0.15, -0.1) is 11.3 Å². The van der Waals surface area contributed by atoms with Crippen molar-refractivity contribution in [3.8, 4) is 16.6 Å². The average molecular weight is 401 g/mol. The smallest absolute Gasteiger partial charge is 0.266 e. The van der Waals surface area contributed by atoms with E-state index in [1.54, 1.807) is 29.4 Å². The van der Waals surface area contributed by atoms with Crippen LogP contribution in [-0.4, -0.2) is 38.9 Å². The molecule has 0 radical (unpaired) electrons. The summed E-state index contributed by atoms with van der Waals surface area (Å²) in [4.78, 5) is 28.7. The molecule has 0 saturated heterocycles. The zero-order chi connectivity index (χ0) is 18.8. The number of aromatic nitrogens is 3. The molecule has 27 heavy (non-hydrogen) atoms. The van der Waals surface area contributed by atoms with Gasteiger partial charge < -0.3 is 9.64 Å². The highest BCUT2D eigenvalue weighted by Gasteiger charge is 2.26. The second kappa shape index (κ2) is 7.62. The van der Waals surface area contributed by atoms with Crippen LogP contribution in [0.25, 0.3) is 10.8 Å². The molecule has 3 aromatic rings. The molecule has 0 atom stereocenters. The summed E-state index contributed by atoms with van der Waals surface area (Å²) in [6.07, 6.45) is 4.00. The van der Waals surface area contributed by atoms with Gasteiger partial charge in [0, 0.05) is 29.5 Å². The topological polar surface area (TPSA) is 68.2 Å². The molecule has 6 nitrogen and oxygen atoms in total. The van der Waals surface area contributed by atoms with Crippen LogP contribution in [0, 0.1) is 0 Å². The molecule has 1 aliphatic rings. The minimum atomic E-state index is -0.0528. The van der Waals surface area contributed by atoms with Gasteiger partial charge in [0.05, 0.1) is 12.2 Å². The number of benzene rings is 1. The zero-order valence-electron chi connectivity index (χ0n) is 14.7. The lowest BCUT2D eigenvalue weighted by atomic mass is 10.2. The Bertz CT molecular complexity index is 977. The van der Waals surface area contributed by atoms with Crippen LogP contribution < -0.4 is 4.74 Å². The second-order valence-electron chi connectivity index (χ2n) is 6.05. The predicted octanol–water partition coefficient (Wildman–Crippen LogP) is 3.85. The maximum Gasteiger partial charge on any atom is 0.266 e. The maximum absolute atomic E-state index is 13.2. The standard InChI is InChI=1S/C19H17ClN4O2S/c1-2-14-16(27-18(23-14)17-21-6-3-7-22-17)19(25)24-8-9-26-15-5-4-13(20)10-12(15)11-24/h3-7,10H,2,8-9,11H2,1H3. The van der Waals surface area contributed by atoms with Gasteiger partial charge in [-0.25, -0.2) is 15.0 Å². The first-order valence-electron chi connectivity index (χ1n) is 8.63. The summed E-state index contributed by atoms with van der Waals surface area (Å²) in [5.74, 6) is 1.25. The van der Waals surface area contributed by atoms with Crippen LogP contribution in [0.5, 0.6) is 5.75 Å². The largest absolute Gasteiger partial charge is 0.491 e. The fraction of sp³-hybridized carbons (Fsp3) is 0.263. The Morgan fingerprint density at radius 2 is 2.15 bits per heavy atom. The molecule has 0 bridgehead atoms. The molecule has 138 valence electrons. The number of carbonyl (C=O) groups is 1. The Labute approximate surface area is 165 Å². The van der Waals surface area contributed by atoms with Crippen molar-refractivity contribution >= 4 is 28.8 Å². The maximum atomic E-state index is 13.2. The van der Waals surface area contributed by atoms with Gasteiger partial charge in [0.15, 0.2) is 10.8 Å². The van der Waals surface area contributed by atoms with Crippen molar-refractivity contribution in [2.75, 3.05) is 13.2 Å². The van der Waals surface area contributed by atoms with Crippen LogP contribution in [0.3, 0.4) is 0 Å². The van der Waals surface area contributed by atoms with Crippen molar-refractivity contribution in [3.05, 3.63) is 57.8 Å². The van der Waals surface area contributed by atoms with E-state index in [-0.39, 0.29) is 5.91 Å². The molecule has 4 rings (SSSR count). The molecule has 0 spiro atoms. The highest BCUT2D eigenvalue weighted by molar-refractivity contribution is 7.17. The van der Waals surface area contributed by atoms with Gasteiger partial charge in [0.1, 0.15) is 17.2 Å². The highest BCUT2D eigenvalue weighted by Crippen LogP contribution is 2.30. The number of hydrogen-bond donors (Lipinski definition) is 0. The molecular formula is C19H17ClN4O2S. The van der Waals surface area contributed by atoms with Crippen molar-refractivity contribution in [1.82, 2.24) is 19.9 Å². The third kappa shape index (κ3) is 3.65.